The minimum atomic E-state index is -1.64. The summed E-state index contributed by atoms with van der Waals surface area (Å²) in [4.78, 5) is 48.8. The molecule has 0 amide bonds. The van der Waals surface area contributed by atoms with Gasteiger partial charge in [-0.25, -0.2) is 4.39 Å². The Bertz CT molecular complexity index is 1070. The minimum absolute atomic E-state index is 0.0200. The lowest BCUT2D eigenvalue weighted by atomic mass is 9.45. The van der Waals surface area contributed by atoms with Crippen molar-refractivity contribution in [1.29, 1.82) is 0 Å². The number of fused-ring (bicyclic) bond motifs is 5. The number of carbonyl (C=O) groups is 4. The summed E-state index contributed by atoms with van der Waals surface area (Å²) >= 11 is 7.35. The van der Waals surface area contributed by atoms with Gasteiger partial charge < -0.3 is 14.6 Å². The van der Waals surface area contributed by atoms with Crippen LogP contribution in [0.4, 0.5) is 4.39 Å². The number of rotatable bonds is 7. The van der Waals surface area contributed by atoms with Gasteiger partial charge in [-0.3, -0.25) is 19.2 Å². The summed E-state index contributed by atoms with van der Waals surface area (Å²) < 4.78 is 26.7. The van der Waals surface area contributed by atoms with Crippen LogP contribution in [0.15, 0.2) is 23.8 Å². The molecule has 7 nitrogen and oxygen atoms in total. The number of ketones is 2. The number of allylic oxidation sites excluding steroid dienone is 4. The molecule has 0 aromatic heterocycles. The summed E-state index contributed by atoms with van der Waals surface area (Å²) in [7, 11) is 0. The molecular weight excluding hydrogens is 503 g/mol. The van der Waals surface area contributed by atoms with E-state index < -0.39 is 63.8 Å². The van der Waals surface area contributed by atoms with Crippen LogP contribution < -0.4 is 0 Å². The van der Waals surface area contributed by atoms with Crippen LogP contribution in [-0.2, 0) is 28.7 Å². The van der Waals surface area contributed by atoms with E-state index in [1.807, 2.05) is 6.92 Å². The lowest BCUT2D eigenvalue weighted by Gasteiger charge is -2.64. The van der Waals surface area contributed by atoms with Gasteiger partial charge in [0.05, 0.1) is 11.0 Å². The number of aliphatic hydroxyl groups is 1. The molecule has 3 saturated carbocycles. The van der Waals surface area contributed by atoms with Gasteiger partial charge in [-0.2, -0.15) is 0 Å². The average Bonchev–Trinajstić information content (AvgIpc) is 3.11. The monoisotopic (exact) mass is 538 g/mol. The number of unbranched alkanes of at least 4 members (excludes halogenated alkanes) is 1. The molecule has 0 heterocycles. The first-order valence-corrected chi connectivity index (χ1v) is 13.5. The van der Waals surface area contributed by atoms with E-state index in [9.17, 15) is 24.3 Å². The summed E-state index contributed by atoms with van der Waals surface area (Å²) in [6.07, 6.45) is 3.64. The van der Waals surface area contributed by atoms with Crippen LogP contribution in [0.1, 0.15) is 72.6 Å². The molecule has 37 heavy (non-hydrogen) atoms. The molecule has 4 aliphatic rings. The second-order valence-corrected chi connectivity index (χ2v) is 12.1. The van der Waals surface area contributed by atoms with Gasteiger partial charge in [-0.15, -0.1) is 11.6 Å². The summed E-state index contributed by atoms with van der Waals surface area (Å²) in [5, 5.41) is 11.7. The lowest BCUT2D eigenvalue weighted by molar-refractivity contribution is -0.199. The molecular formula is C28H36ClFO7. The van der Waals surface area contributed by atoms with E-state index in [-0.39, 0.29) is 43.0 Å². The van der Waals surface area contributed by atoms with Crippen LogP contribution in [0.5, 0.6) is 0 Å². The van der Waals surface area contributed by atoms with E-state index in [2.05, 4.69) is 0 Å². The van der Waals surface area contributed by atoms with Gasteiger partial charge in [0.1, 0.15) is 6.17 Å². The fourth-order valence-electron chi connectivity index (χ4n) is 7.72. The van der Waals surface area contributed by atoms with E-state index in [4.69, 9.17) is 21.1 Å². The summed E-state index contributed by atoms with van der Waals surface area (Å²) in [6.45, 7) is 6.11. The Balaban J connectivity index is 1.78. The number of Topliss-reactive ketones (excluding diaryl/α,β-unsaturated/α-hetero) is 1. The Hall–Kier alpha value is -2.06. The number of aliphatic hydroxyl groups excluding tert-OH is 1. The topological polar surface area (TPSA) is 107 Å². The second kappa shape index (κ2) is 9.60. The third kappa shape index (κ3) is 4.01. The highest BCUT2D eigenvalue weighted by molar-refractivity contribution is 6.26. The molecule has 1 N–H and O–H groups in total. The van der Waals surface area contributed by atoms with Gasteiger partial charge in [-0.1, -0.05) is 33.3 Å². The Morgan fingerprint density at radius 1 is 1.24 bits per heavy atom. The van der Waals surface area contributed by atoms with E-state index in [0.29, 0.717) is 12.8 Å². The first kappa shape index (κ1) is 28.0. The molecule has 204 valence electrons. The molecule has 0 aliphatic heterocycles. The van der Waals surface area contributed by atoms with Crippen LogP contribution in [0.25, 0.3) is 0 Å². The smallest absolute Gasteiger partial charge is 0.306 e. The summed E-state index contributed by atoms with van der Waals surface area (Å²) in [5.41, 5.74) is -3.57. The Kier molecular flexibility index (Phi) is 7.25. The van der Waals surface area contributed by atoms with Crippen molar-refractivity contribution in [3.05, 3.63) is 23.8 Å². The predicted octanol–water partition coefficient (Wildman–Crippen LogP) is 4.18. The van der Waals surface area contributed by atoms with Gasteiger partial charge in [0, 0.05) is 24.2 Å². The highest BCUT2D eigenvalue weighted by atomic mass is 35.5. The second-order valence-electron chi connectivity index (χ2n) is 11.5. The highest BCUT2D eigenvalue weighted by Crippen LogP contribution is 2.71. The number of esters is 2. The van der Waals surface area contributed by atoms with Gasteiger partial charge >= 0.3 is 11.9 Å². The maximum absolute atomic E-state index is 15.7. The van der Waals surface area contributed by atoms with E-state index >= 15 is 4.39 Å². The lowest BCUT2D eigenvalue weighted by Crippen LogP contribution is -2.70. The molecule has 4 aliphatic carbocycles. The summed E-state index contributed by atoms with van der Waals surface area (Å²) in [5.74, 6) is -2.97. The van der Waals surface area contributed by atoms with Crippen molar-refractivity contribution in [3.63, 3.8) is 0 Å². The first-order valence-electron chi connectivity index (χ1n) is 13.1. The van der Waals surface area contributed by atoms with Crippen LogP contribution in [-0.4, -0.2) is 58.0 Å². The minimum Gasteiger partial charge on any atom is -0.458 e. The van der Waals surface area contributed by atoms with Crippen molar-refractivity contribution in [2.24, 2.45) is 22.7 Å². The molecule has 0 radical (unpaired) electrons. The molecule has 9 heteroatoms. The molecule has 0 saturated heterocycles. The number of hydrogen-bond donors (Lipinski definition) is 1. The zero-order valence-corrected chi connectivity index (χ0v) is 22.6. The van der Waals surface area contributed by atoms with Gasteiger partial charge in [0.2, 0.25) is 5.78 Å². The van der Waals surface area contributed by atoms with Crippen LogP contribution >= 0.6 is 11.6 Å². The molecule has 0 aromatic carbocycles. The molecule has 8 atom stereocenters. The van der Waals surface area contributed by atoms with E-state index in [0.717, 1.165) is 6.42 Å². The average molecular weight is 539 g/mol. The van der Waals surface area contributed by atoms with Crippen molar-refractivity contribution in [2.75, 3.05) is 6.61 Å². The zero-order chi connectivity index (χ0) is 27.4. The number of carbonyl (C=O) groups excluding carboxylic acids is 4. The maximum atomic E-state index is 15.7. The fraction of sp³-hybridized carbons (Fsp3) is 0.714. The van der Waals surface area contributed by atoms with E-state index in [1.165, 1.54) is 19.1 Å². The molecule has 4 rings (SSSR count). The third-order valence-corrected chi connectivity index (χ3v) is 10.6. The Morgan fingerprint density at radius 3 is 2.59 bits per heavy atom. The molecule has 0 bridgehead atoms. The molecule has 1 unspecified atom stereocenters. The quantitative estimate of drug-likeness (QED) is 0.383. The number of ether oxygens (including phenoxy) is 2. The number of hydrogen-bond acceptors (Lipinski definition) is 7. The number of halogens is 2. The van der Waals surface area contributed by atoms with Crippen LogP contribution in [0.3, 0.4) is 0 Å². The third-order valence-electron chi connectivity index (χ3n) is 9.63. The predicted molar refractivity (Wildman–Crippen MR) is 133 cm³/mol. The van der Waals surface area contributed by atoms with Crippen molar-refractivity contribution < 1.29 is 38.1 Å². The Labute approximate surface area is 221 Å². The molecule has 3 fully saturated rings. The maximum Gasteiger partial charge on any atom is 0.306 e. The SMILES string of the molecule is CCCCC(=O)O[C@]1(C(=O)COC(C)=O)CC[C@H]2[C@@H]3C[C@H](F)C4=CC(=O)C=C[C@]4(C)[C@@]3(Cl)C(O)C[C@@]21C. The van der Waals surface area contributed by atoms with Crippen molar-refractivity contribution in [1.82, 2.24) is 0 Å². The van der Waals surface area contributed by atoms with Crippen molar-refractivity contribution >= 4 is 35.1 Å². The van der Waals surface area contributed by atoms with Gasteiger partial charge in [0.25, 0.3) is 0 Å². The zero-order valence-electron chi connectivity index (χ0n) is 21.9. The largest absolute Gasteiger partial charge is 0.458 e. The fourth-order valence-corrected chi connectivity index (χ4v) is 8.21. The van der Waals surface area contributed by atoms with Crippen molar-refractivity contribution in [2.45, 2.75) is 95.4 Å². The van der Waals surface area contributed by atoms with Crippen molar-refractivity contribution in [3.8, 4) is 0 Å². The normalized spacial score (nSPS) is 42.2. The molecule has 0 spiro atoms. The van der Waals surface area contributed by atoms with Gasteiger partial charge in [-0.05, 0) is 61.7 Å². The van der Waals surface area contributed by atoms with E-state index in [1.54, 1.807) is 19.9 Å². The highest BCUT2D eigenvalue weighted by Gasteiger charge is 2.75. The summed E-state index contributed by atoms with van der Waals surface area (Å²) in [6, 6.07) is 0. The first-order chi connectivity index (χ1) is 17.3. The van der Waals surface area contributed by atoms with Crippen LogP contribution in [0.2, 0.25) is 0 Å². The van der Waals surface area contributed by atoms with Crippen LogP contribution in [0, 0.1) is 22.7 Å². The number of alkyl halides is 2. The molecule has 0 aromatic rings. The standard InChI is InChI=1S/C28H36ClFO7/c1-5-6-7-24(35)37-27(23(34)15-36-16(2)31)11-9-18-19-13-21(30)20-12-17(32)8-10-25(20,3)28(19,29)22(33)14-26(18,27)4/h8,10,12,18-19,21-22,33H,5-7,9,11,13-15H2,1-4H3/t18-,19-,21-,22?,25-,26-,27-,28-/m0/s1. The van der Waals surface area contributed by atoms with Gasteiger partial charge in [0.15, 0.2) is 18.0 Å². The Morgan fingerprint density at radius 2 is 1.95 bits per heavy atom.